The van der Waals surface area contributed by atoms with Gasteiger partial charge in [0.15, 0.2) is 0 Å². The summed E-state index contributed by atoms with van der Waals surface area (Å²) in [5.41, 5.74) is 12.2. The molecule has 0 heterocycles. The van der Waals surface area contributed by atoms with E-state index in [1.165, 1.54) is 0 Å². The fraction of sp³-hybridized carbons (Fsp3) is 0.367. The molecule has 1 amide bonds. The normalized spacial score (nSPS) is 11.8. The number of carbonyl (C=O) groups is 1. The first-order chi connectivity index (χ1) is 16.4. The molecule has 4 nitrogen and oxygen atoms in total. The predicted octanol–water partition coefficient (Wildman–Crippen LogP) is 6.92. The Kier molecular flexibility index (Phi) is 9.15. The van der Waals surface area contributed by atoms with Gasteiger partial charge in [-0.1, -0.05) is 74.0 Å². The number of nitrogens with two attached hydrogens (primary N) is 1. The van der Waals surface area contributed by atoms with Crippen LogP contribution in [0.1, 0.15) is 71.9 Å². The van der Waals surface area contributed by atoms with E-state index < -0.39 is 0 Å². The van der Waals surface area contributed by atoms with E-state index in [-0.39, 0.29) is 11.8 Å². The van der Waals surface area contributed by atoms with Crippen LogP contribution >= 0.6 is 0 Å². The van der Waals surface area contributed by atoms with Crippen molar-refractivity contribution < 1.29 is 14.3 Å². The van der Waals surface area contributed by atoms with Gasteiger partial charge in [0, 0.05) is 12.0 Å². The molecule has 34 heavy (non-hydrogen) atoms. The zero-order valence-corrected chi connectivity index (χ0v) is 20.9. The van der Waals surface area contributed by atoms with E-state index in [0.717, 1.165) is 57.7 Å². The topological polar surface area (TPSA) is 61.6 Å². The highest BCUT2D eigenvalue weighted by Crippen LogP contribution is 2.45. The van der Waals surface area contributed by atoms with Crippen LogP contribution < -0.4 is 15.2 Å². The molecule has 2 N–H and O–H groups in total. The van der Waals surface area contributed by atoms with Gasteiger partial charge < -0.3 is 15.2 Å². The van der Waals surface area contributed by atoms with Gasteiger partial charge in [-0.2, -0.15) is 0 Å². The third-order valence-electron chi connectivity index (χ3n) is 6.47. The van der Waals surface area contributed by atoms with Crippen molar-refractivity contribution >= 4 is 5.91 Å². The second-order valence-electron chi connectivity index (χ2n) is 8.99. The fourth-order valence-electron chi connectivity index (χ4n) is 4.57. The summed E-state index contributed by atoms with van der Waals surface area (Å²) in [7, 11) is 0. The van der Waals surface area contributed by atoms with E-state index in [2.05, 4.69) is 52.0 Å². The van der Waals surface area contributed by atoms with Crippen molar-refractivity contribution in [1.82, 2.24) is 0 Å². The van der Waals surface area contributed by atoms with E-state index in [4.69, 9.17) is 15.2 Å². The standard InChI is InChI=1S/C30H37NO3/c1-5-12-26(17-18-27(31)32)28-23(4)29(33-19-24-13-8-6-9-14-24)21(2)22(3)30(28)34-20-25-15-10-7-11-16-25/h6-11,13-16,26H,5,12,17-20H2,1-4H3,(H2,31,32). The predicted molar refractivity (Wildman–Crippen MR) is 138 cm³/mol. The lowest BCUT2D eigenvalue weighted by atomic mass is 9.83. The Hall–Kier alpha value is -3.27. The van der Waals surface area contributed by atoms with Gasteiger partial charge in [-0.15, -0.1) is 0 Å². The van der Waals surface area contributed by atoms with Crippen molar-refractivity contribution in [3.63, 3.8) is 0 Å². The molecular formula is C30H37NO3. The van der Waals surface area contributed by atoms with Gasteiger partial charge in [0.2, 0.25) is 5.91 Å². The van der Waals surface area contributed by atoms with Crippen LogP contribution in [-0.4, -0.2) is 5.91 Å². The first-order valence-electron chi connectivity index (χ1n) is 12.2. The third kappa shape index (κ3) is 6.40. The molecule has 3 rings (SSSR count). The highest BCUT2D eigenvalue weighted by molar-refractivity contribution is 5.73. The molecule has 0 aliphatic rings. The summed E-state index contributed by atoms with van der Waals surface area (Å²) in [5.74, 6) is 1.72. The Morgan fingerprint density at radius 2 is 1.26 bits per heavy atom. The maximum absolute atomic E-state index is 11.6. The fourth-order valence-corrected chi connectivity index (χ4v) is 4.57. The van der Waals surface area contributed by atoms with E-state index in [9.17, 15) is 4.79 Å². The number of carbonyl (C=O) groups excluding carboxylic acids is 1. The second kappa shape index (κ2) is 12.3. The van der Waals surface area contributed by atoms with Crippen LogP contribution in [0.15, 0.2) is 60.7 Å². The maximum Gasteiger partial charge on any atom is 0.217 e. The van der Waals surface area contributed by atoms with Crippen LogP contribution in [0.5, 0.6) is 11.5 Å². The summed E-state index contributed by atoms with van der Waals surface area (Å²) in [4.78, 5) is 11.6. The highest BCUT2D eigenvalue weighted by Gasteiger charge is 2.26. The summed E-state index contributed by atoms with van der Waals surface area (Å²) in [6.07, 6.45) is 3.02. The maximum atomic E-state index is 11.6. The van der Waals surface area contributed by atoms with Gasteiger partial charge in [-0.05, 0) is 67.3 Å². The van der Waals surface area contributed by atoms with Crippen LogP contribution in [0, 0.1) is 20.8 Å². The Balaban J connectivity index is 2.03. The lowest BCUT2D eigenvalue weighted by molar-refractivity contribution is -0.118. The summed E-state index contributed by atoms with van der Waals surface area (Å²) in [6.45, 7) is 9.48. The average Bonchev–Trinajstić information content (AvgIpc) is 2.84. The van der Waals surface area contributed by atoms with Crippen LogP contribution in [0.2, 0.25) is 0 Å². The van der Waals surface area contributed by atoms with E-state index in [1.54, 1.807) is 0 Å². The first kappa shape index (κ1) is 25.4. The average molecular weight is 460 g/mol. The van der Waals surface area contributed by atoms with Crippen molar-refractivity contribution in [2.75, 3.05) is 0 Å². The second-order valence-corrected chi connectivity index (χ2v) is 8.99. The lowest BCUT2D eigenvalue weighted by Crippen LogP contribution is -2.15. The molecule has 4 heteroatoms. The van der Waals surface area contributed by atoms with E-state index in [0.29, 0.717) is 26.1 Å². The number of rotatable bonds is 12. The van der Waals surface area contributed by atoms with E-state index in [1.807, 2.05) is 36.4 Å². The largest absolute Gasteiger partial charge is 0.488 e. The van der Waals surface area contributed by atoms with Gasteiger partial charge in [-0.25, -0.2) is 0 Å². The Morgan fingerprint density at radius 1 is 0.765 bits per heavy atom. The molecule has 0 fully saturated rings. The number of primary amides is 1. The minimum Gasteiger partial charge on any atom is -0.488 e. The molecule has 0 saturated heterocycles. The molecule has 0 radical (unpaired) electrons. The van der Waals surface area contributed by atoms with Crippen molar-refractivity contribution in [1.29, 1.82) is 0 Å². The summed E-state index contributed by atoms with van der Waals surface area (Å²) < 4.78 is 12.9. The molecule has 0 saturated carbocycles. The lowest BCUT2D eigenvalue weighted by Gasteiger charge is -2.27. The van der Waals surface area contributed by atoms with Gasteiger partial charge in [0.05, 0.1) is 0 Å². The summed E-state index contributed by atoms with van der Waals surface area (Å²) in [5, 5.41) is 0. The van der Waals surface area contributed by atoms with Gasteiger partial charge >= 0.3 is 0 Å². The Labute approximate surface area is 204 Å². The van der Waals surface area contributed by atoms with Gasteiger partial charge in [0.1, 0.15) is 24.7 Å². The molecule has 180 valence electrons. The molecule has 3 aromatic rings. The highest BCUT2D eigenvalue weighted by atomic mass is 16.5. The smallest absolute Gasteiger partial charge is 0.217 e. The van der Waals surface area contributed by atoms with Crippen molar-refractivity contribution in [3.8, 4) is 11.5 Å². The van der Waals surface area contributed by atoms with Crippen LogP contribution in [0.25, 0.3) is 0 Å². The molecule has 0 aromatic heterocycles. The third-order valence-corrected chi connectivity index (χ3v) is 6.47. The SMILES string of the molecule is CCCC(CCC(N)=O)c1c(C)c(OCc2ccccc2)c(C)c(C)c1OCc1ccccc1. The van der Waals surface area contributed by atoms with Crippen LogP contribution in [-0.2, 0) is 18.0 Å². The first-order valence-corrected chi connectivity index (χ1v) is 12.2. The molecule has 0 spiro atoms. The number of amides is 1. The van der Waals surface area contributed by atoms with Crippen LogP contribution in [0.3, 0.4) is 0 Å². The number of hydrogen-bond donors (Lipinski definition) is 1. The summed E-state index contributed by atoms with van der Waals surface area (Å²) >= 11 is 0. The molecule has 0 aliphatic carbocycles. The number of ether oxygens (including phenoxy) is 2. The quantitative estimate of drug-likeness (QED) is 0.320. The van der Waals surface area contributed by atoms with Crippen molar-refractivity contribution in [2.24, 2.45) is 5.73 Å². The molecule has 0 bridgehead atoms. The Morgan fingerprint density at radius 3 is 1.76 bits per heavy atom. The Bertz CT molecular complexity index is 1080. The monoisotopic (exact) mass is 459 g/mol. The summed E-state index contributed by atoms with van der Waals surface area (Å²) in [6, 6.07) is 20.4. The zero-order valence-electron chi connectivity index (χ0n) is 20.9. The molecule has 0 aliphatic heterocycles. The van der Waals surface area contributed by atoms with Gasteiger partial charge in [0.25, 0.3) is 0 Å². The number of benzene rings is 3. The molecular weight excluding hydrogens is 422 g/mol. The minimum absolute atomic E-state index is 0.168. The van der Waals surface area contributed by atoms with Crippen molar-refractivity contribution in [3.05, 3.63) is 94.0 Å². The van der Waals surface area contributed by atoms with E-state index >= 15 is 0 Å². The minimum atomic E-state index is -0.269. The molecule has 1 atom stereocenters. The van der Waals surface area contributed by atoms with Crippen LogP contribution in [0.4, 0.5) is 0 Å². The zero-order chi connectivity index (χ0) is 24.5. The molecule has 3 aromatic carbocycles. The molecule has 1 unspecified atom stereocenters. The number of hydrogen-bond acceptors (Lipinski definition) is 3. The van der Waals surface area contributed by atoms with Gasteiger partial charge in [-0.3, -0.25) is 4.79 Å². The van der Waals surface area contributed by atoms with Crippen molar-refractivity contribution in [2.45, 2.75) is 72.5 Å².